The molecular formula is C20H18N2O4. The van der Waals surface area contributed by atoms with E-state index in [-0.39, 0.29) is 12.3 Å². The molecule has 26 heavy (non-hydrogen) atoms. The molecule has 1 aliphatic heterocycles. The van der Waals surface area contributed by atoms with Crippen molar-refractivity contribution in [3.8, 4) is 17.6 Å². The van der Waals surface area contributed by atoms with Gasteiger partial charge in [-0.3, -0.25) is 9.59 Å². The summed E-state index contributed by atoms with van der Waals surface area (Å²) in [6.45, 7) is 0. The summed E-state index contributed by atoms with van der Waals surface area (Å²) < 4.78 is 5.28. The van der Waals surface area contributed by atoms with E-state index in [1.807, 2.05) is 18.2 Å². The van der Waals surface area contributed by atoms with Gasteiger partial charge in [-0.2, -0.15) is 0 Å². The van der Waals surface area contributed by atoms with Crippen molar-refractivity contribution >= 4 is 29.2 Å². The standard InChI is InChI=1S/C20H18N2O4/c1-26-17-10-11-21-16(17)12-14-19-13(6-3-2-4-9-18(23)24)7-5-8-15(19)22-20(14)25/h5,7-8,10-12,21H,2,4,9H2,1H3,(H,22,25)(H,23,24)/b14-12-. The molecule has 0 saturated carbocycles. The average molecular weight is 350 g/mol. The molecule has 0 unspecified atom stereocenters. The molecule has 0 bridgehead atoms. The summed E-state index contributed by atoms with van der Waals surface area (Å²) in [7, 11) is 1.57. The van der Waals surface area contributed by atoms with Crippen molar-refractivity contribution < 1.29 is 19.4 Å². The number of amides is 1. The number of H-pyrrole nitrogens is 1. The van der Waals surface area contributed by atoms with Crippen LogP contribution in [0.3, 0.4) is 0 Å². The molecule has 2 aromatic rings. The second-order valence-corrected chi connectivity index (χ2v) is 5.75. The number of aromatic nitrogens is 1. The smallest absolute Gasteiger partial charge is 0.303 e. The van der Waals surface area contributed by atoms with Crippen LogP contribution in [-0.4, -0.2) is 29.1 Å². The van der Waals surface area contributed by atoms with Gasteiger partial charge >= 0.3 is 5.97 Å². The Morgan fingerprint density at radius 1 is 1.35 bits per heavy atom. The van der Waals surface area contributed by atoms with Crippen molar-refractivity contribution in [2.24, 2.45) is 0 Å². The summed E-state index contributed by atoms with van der Waals surface area (Å²) >= 11 is 0. The molecule has 132 valence electrons. The van der Waals surface area contributed by atoms with Crippen molar-refractivity contribution in [3.63, 3.8) is 0 Å². The zero-order chi connectivity index (χ0) is 18.5. The zero-order valence-electron chi connectivity index (χ0n) is 14.3. The summed E-state index contributed by atoms with van der Waals surface area (Å²) in [5.41, 5.74) is 3.41. The Morgan fingerprint density at radius 3 is 2.96 bits per heavy atom. The summed E-state index contributed by atoms with van der Waals surface area (Å²) in [6.07, 6.45) is 4.57. The lowest BCUT2D eigenvalue weighted by molar-refractivity contribution is -0.137. The molecule has 1 aliphatic rings. The Morgan fingerprint density at radius 2 is 2.19 bits per heavy atom. The Bertz CT molecular complexity index is 944. The number of benzene rings is 1. The number of aliphatic carboxylic acids is 1. The minimum absolute atomic E-state index is 0.0966. The highest BCUT2D eigenvalue weighted by Crippen LogP contribution is 2.36. The normalized spacial score (nSPS) is 13.7. The van der Waals surface area contributed by atoms with Gasteiger partial charge in [0.1, 0.15) is 5.75 Å². The topological polar surface area (TPSA) is 91.4 Å². The van der Waals surface area contributed by atoms with E-state index >= 15 is 0 Å². The number of anilines is 1. The molecule has 0 aliphatic carbocycles. The molecule has 6 heteroatoms. The third kappa shape index (κ3) is 3.62. The quantitative estimate of drug-likeness (QED) is 0.439. The lowest BCUT2D eigenvalue weighted by Gasteiger charge is -2.03. The van der Waals surface area contributed by atoms with Crippen LogP contribution in [0, 0.1) is 11.8 Å². The molecule has 3 N–H and O–H groups in total. The zero-order valence-corrected chi connectivity index (χ0v) is 14.3. The summed E-state index contributed by atoms with van der Waals surface area (Å²) in [5.74, 6) is 5.68. The molecular weight excluding hydrogens is 332 g/mol. The van der Waals surface area contributed by atoms with E-state index in [9.17, 15) is 9.59 Å². The van der Waals surface area contributed by atoms with Gasteiger partial charge in [0.25, 0.3) is 5.91 Å². The van der Waals surface area contributed by atoms with Crippen molar-refractivity contribution in [1.82, 2.24) is 4.98 Å². The van der Waals surface area contributed by atoms with E-state index in [0.717, 1.165) is 11.1 Å². The number of carboxylic acid groups (broad SMARTS) is 1. The lowest BCUT2D eigenvalue weighted by atomic mass is 9.99. The van der Waals surface area contributed by atoms with Gasteiger partial charge in [-0.15, -0.1) is 0 Å². The van der Waals surface area contributed by atoms with Crippen LogP contribution in [0.1, 0.15) is 36.1 Å². The van der Waals surface area contributed by atoms with Gasteiger partial charge < -0.3 is 20.1 Å². The average Bonchev–Trinajstić information content (AvgIpc) is 3.19. The highest BCUT2D eigenvalue weighted by molar-refractivity contribution is 6.35. The fraction of sp³-hybridized carbons (Fsp3) is 0.200. The number of unbranched alkanes of at least 4 members (excludes halogenated alkanes) is 1. The van der Waals surface area contributed by atoms with Gasteiger partial charge in [-0.05, 0) is 30.7 Å². The van der Waals surface area contributed by atoms with Crippen molar-refractivity contribution in [1.29, 1.82) is 0 Å². The Kier molecular flexibility index (Phi) is 5.09. The van der Waals surface area contributed by atoms with Gasteiger partial charge in [0.2, 0.25) is 0 Å². The van der Waals surface area contributed by atoms with E-state index < -0.39 is 5.97 Å². The molecule has 0 saturated heterocycles. The number of nitrogens with one attached hydrogen (secondary N) is 2. The molecule has 1 aromatic carbocycles. The molecule has 0 fully saturated rings. The predicted octanol–water partition coefficient (Wildman–Crippen LogP) is 3.12. The Labute approximate surface area is 150 Å². The SMILES string of the molecule is COc1cc[nH]c1/C=C1\C(=O)Nc2cccc(C#CCCCC(=O)O)c21. The fourth-order valence-electron chi connectivity index (χ4n) is 2.78. The van der Waals surface area contributed by atoms with Crippen LogP contribution in [-0.2, 0) is 9.59 Å². The van der Waals surface area contributed by atoms with Crippen LogP contribution in [0.4, 0.5) is 5.69 Å². The van der Waals surface area contributed by atoms with Crippen LogP contribution in [0.25, 0.3) is 11.6 Å². The van der Waals surface area contributed by atoms with Gasteiger partial charge in [-0.25, -0.2) is 0 Å². The van der Waals surface area contributed by atoms with Crippen LogP contribution < -0.4 is 10.1 Å². The van der Waals surface area contributed by atoms with Gasteiger partial charge in [0.15, 0.2) is 0 Å². The number of hydrogen-bond donors (Lipinski definition) is 3. The van der Waals surface area contributed by atoms with Gasteiger partial charge in [0.05, 0.1) is 24.1 Å². The second-order valence-electron chi connectivity index (χ2n) is 5.75. The molecule has 0 radical (unpaired) electrons. The maximum Gasteiger partial charge on any atom is 0.303 e. The number of carbonyl (C=O) groups excluding carboxylic acids is 1. The maximum absolute atomic E-state index is 12.4. The third-order valence-corrected chi connectivity index (χ3v) is 3.99. The number of rotatable bonds is 5. The predicted molar refractivity (Wildman–Crippen MR) is 98.7 cm³/mol. The van der Waals surface area contributed by atoms with E-state index in [0.29, 0.717) is 35.5 Å². The number of carboxylic acids is 1. The number of carbonyl (C=O) groups is 2. The van der Waals surface area contributed by atoms with E-state index in [1.54, 1.807) is 25.4 Å². The van der Waals surface area contributed by atoms with Crippen molar-refractivity contribution in [3.05, 3.63) is 47.3 Å². The maximum atomic E-state index is 12.4. The summed E-state index contributed by atoms with van der Waals surface area (Å²) in [5, 5.41) is 11.5. The van der Waals surface area contributed by atoms with Crippen molar-refractivity contribution in [2.45, 2.75) is 19.3 Å². The summed E-state index contributed by atoms with van der Waals surface area (Å²) in [4.78, 5) is 26.0. The summed E-state index contributed by atoms with van der Waals surface area (Å²) in [6, 6.07) is 7.30. The first-order valence-electron chi connectivity index (χ1n) is 8.18. The number of ether oxygens (including phenoxy) is 1. The number of fused-ring (bicyclic) bond motifs is 1. The van der Waals surface area contributed by atoms with Crippen LogP contribution in [0.5, 0.6) is 5.75 Å². The number of aromatic amines is 1. The third-order valence-electron chi connectivity index (χ3n) is 3.99. The van der Waals surface area contributed by atoms with Crippen LogP contribution in [0.2, 0.25) is 0 Å². The molecule has 1 amide bonds. The van der Waals surface area contributed by atoms with E-state index in [4.69, 9.17) is 9.84 Å². The minimum atomic E-state index is -0.827. The van der Waals surface area contributed by atoms with Gasteiger partial charge in [0, 0.05) is 30.2 Å². The molecule has 0 atom stereocenters. The first-order chi connectivity index (χ1) is 12.6. The molecule has 1 aromatic heterocycles. The largest absolute Gasteiger partial charge is 0.495 e. The van der Waals surface area contributed by atoms with E-state index in [1.165, 1.54) is 0 Å². The number of methoxy groups -OCH3 is 1. The fourth-order valence-corrected chi connectivity index (χ4v) is 2.78. The first kappa shape index (κ1) is 17.4. The molecule has 0 spiro atoms. The number of hydrogen-bond acceptors (Lipinski definition) is 3. The second kappa shape index (κ2) is 7.62. The lowest BCUT2D eigenvalue weighted by Crippen LogP contribution is -2.03. The van der Waals surface area contributed by atoms with E-state index in [2.05, 4.69) is 22.1 Å². The van der Waals surface area contributed by atoms with Crippen molar-refractivity contribution in [2.75, 3.05) is 12.4 Å². The Balaban J connectivity index is 1.93. The molecule has 3 rings (SSSR count). The molecule has 2 heterocycles. The van der Waals surface area contributed by atoms with Gasteiger partial charge in [-0.1, -0.05) is 17.9 Å². The van der Waals surface area contributed by atoms with Crippen LogP contribution in [0.15, 0.2) is 30.5 Å². The minimum Gasteiger partial charge on any atom is -0.495 e. The highest BCUT2D eigenvalue weighted by Gasteiger charge is 2.26. The monoisotopic (exact) mass is 350 g/mol. The Hall–Kier alpha value is -3.46. The molecule has 6 nitrogen and oxygen atoms in total. The first-order valence-corrected chi connectivity index (χ1v) is 8.18. The van der Waals surface area contributed by atoms with Crippen LogP contribution >= 0.6 is 0 Å². The highest BCUT2D eigenvalue weighted by atomic mass is 16.5.